The average Bonchev–Trinajstić information content (AvgIpc) is 3.23. The van der Waals surface area contributed by atoms with Crippen LogP contribution in [0.3, 0.4) is 0 Å². The van der Waals surface area contributed by atoms with Gasteiger partial charge in [-0.25, -0.2) is 15.0 Å². The number of hydrogen-bond acceptors (Lipinski definition) is 7. The summed E-state index contributed by atoms with van der Waals surface area (Å²) in [5, 5.41) is 0.906. The Morgan fingerprint density at radius 1 is 1.03 bits per heavy atom. The fraction of sp³-hybridized carbons (Fsp3) is 0.273. The molecule has 2 aromatic heterocycles. The molecule has 2 aliphatic rings. The fourth-order valence-electron chi connectivity index (χ4n) is 3.59. The molecule has 0 radical (unpaired) electrons. The summed E-state index contributed by atoms with van der Waals surface area (Å²) in [5.41, 5.74) is 3.61. The smallest absolute Gasteiger partial charge is 0.225 e. The zero-order chi connectivity index (χ0) is 19.6. The third-order valence-electron chi connectivity index (χ3n) is 5.14. The van der Waals surface area contributed by atoms with Crippen molar-refractivity contribution in [3.63, 3.8) is 0 Å². The molecule has 1 aliphatic carbocycles. The van der Waals surface area contributed by atoms with Gasteiger partial charge in [-0.2, -0.15) is 0 Å². The van der Waals surface area contributed by atoms with Crippen molar-refractivity contribution in [2.75, 3.05) is 31.2 Å². The van der Waals surface area contributed by atoms with Gasteiger partial charge in [0, 0.05) is 42.2 Å². The van der Waals surface area contributed by atoms with E-state index in [4.69, 9.17) is 9.72 Å². The number of nitrogens with zero attached hydrogens (tertiary/aromatic N) is 4. The van der Waals surface area contributed by atoms with Gasteiger partial charge < -0.3 is 9.64 Å². The molecule has 0 bridgehead atoms. The summed E-state index contributed by atoms with van der Waals surface area (Å²) in [7, 11) is 0. The minimum Gasteiger partial charge on any atom is -0.378 e. The van der Waals surface area contributed by atoms with Crippen molar-refractivity contribution < 1.29 is 9.53 Å². The molecule has 1 saturated heterocycles. The quantitative estimate of drug-likeness (QED) is 0.621. The number of aromatic nitrogens is 3. The highest BCUT2D eigenvalue weighted by molar-refractivity contribution is 7.17. The lowest BCUT2D eigenvalue weighted by molar-refractivity contribution is 0.103. The predicted molar refractivity (Wildman–Crippen MR) is 113 cm³/mol. The number of anilines is 1. The van der Waals surface area contributed by atoms with Crippen LogP contribution in [-0.2, 0) is 11.2 Å². The molecule has 0 N–H and O–H groups in total. The number of fused-ring (bicyclic) bond motifs is 1. The molecule has 0 amide bonds. The highest BCUT2D eigenvalue weighted by Crippen LogP contribution is 2.34. The van der Waals surface area contributed by atoms with Crippen LogP contribution in [0.5, 0.6) is 0 Å². The number of aryl methyl sites for hydroxylation is 1. The lowest BCUT2D eigenvalue weighted by Gasteiger charge is -2.26. The van der Waals surface area contributed by atoms with Gasteiger partial charge in [-0.05, 0) is 18.9 Å². The highest BCUT2D eigenvalue weighted by Gasteiger charge is 2.26. The number of hydrogen-bond donors (Lipinski definition) is 0. The van der Waals surface area contributed by atoms with Gasteiger partial charge in [0.2, 0.25) is 11.7 Å². The number of carbonyl (C=O) groups excluding carboxylic acids is 1. The summed E-state index contributed by atoms with van der Waals surface area (Å²) >= 11 is 1.48. The second kappa shape index (κ2) is 7.85. The van der Waals surface area contributed by atoms with E-state index in [1.54, 1.807) is 12.4 Å². The first-order valence-corrected chi connectivity index (χ1v) is 10.5. The molecule has 0 saturated carbocycles. The second-order valence-electron chi connectivity index (χ2n) is 7.08. The Morgan fingerprint density at radius 2 is 1.79 bits per heavy atom. The van der Waals surface area contributed by atoms with Crippen LogP contribution in [0.25, 0.3) is 16.6 Å². The summed E-state index contributed by atoms with van der Waals surface area (Å²) in [6.45, 7) is 3.01. The number of benzene rings is 1. The fourth-order valence-corrected chi connectivity index (χ4v) is 4.68. The van der Waals surface area contributed by atoms with Gasteiger partial charge >= 0.3 is 0 Å². The van der Waals surface area contributed by atoms with Crippen molar-refractivity contribution in [1.82, 2.24) is 15.0 Å². The number of ketones is 1. The minimum absolute atomic E-state index is 0.0724. The number of morpholine rings is 1. The standard InChI is InChI=1S/C22H20N4O2S/c27-19-17(12-15-13-23-22(24-14-15)26-8-10-28-11-9-26)6-7-18-20(19)29-21(25-18)16-4-2-1-3-5-16/h1-5,12-14H,6-11H2/b17-12-. The number of rotatable bonds is 3. The summed E-state index contributed by atoms with van der Waals surface area (Å²) < 4.78 is 5.37. The van der Waals surface area contributed by atoms with E-state index in [1.807, 2.05) is 36.4 Å². The van der Waals surface area contributed by atoms with E-state index in [-0.39, 0.29) is 5.78 Å². The first-order chi connectivity index (χ1) is 14.3. The average molecular weight is 404 g/mol. The lowest BCUT2D eigenvalue weighted by atomic mass is 9.94. The molecule has 3 heterocycles. The summed E-state index contributed by atoms with van der Waals surface area (Å²) in [6.07, 6.45) is 6.96. The number of allylic oxidation sites excluding steroid dienone is 1. The van der Waals surface area contributed by atoms with E-state index in [0.29, 0.717) is 25.6 Å². The van der Waals surface area contributed by atoms with Crippen molar-refractivity contribution >= 4 is 29.1 Å². The summed E-state index contributed by atoms with van der Waals surface area (Å²) in [6, 6.07) is 10.0. The van der Waals surface area contributed by atoms with Crippen LogP contribution in [0.1, 0.15) is 27.3 Å². The van der Waals surface area contributed by atoms with Crippen molar-refractivity contribution in [3.05, 3.63) is 64.4 Å². The number of thiazole rings is 1. The molecule has 1 aliphatic heterocycles. The molecular formula is C22H20N4O2S. The Labute approximate surface area is 172 Å². The van der Waals surface area contributed by atoms with Gasteiger partial charge in [0.1, 0.15) is 5.01 Å². The molecular weight excluding hydrogens is 384 g/mol. The van der Waals surface area contributed by atoms with Crippen LogP contribution in [0.4, 0.5) is 5.95 Å². The monoisotopic (exact) mass is 404 g/mol. The van der Waals surface area contributed by atoms with Gasteiger partial charge in [0.15, 0.2) is 0 Å². The van der Waals surface area contributed by atoms with E-state index in [1.165, 1.54) is 11.3 Å². The molecule has 0 atom stereocenters. The Hall–Kier alpha value is -2.90. The first-order valence-electron chi connectivity index (χ1n) is 9.73. The molecule has 5 rings (SSSR count). The first kappa shape index (κ1) is 18.1. The third kappa shape index (κ3) is 3.71. The molecule has 146 valence electrons. The van der Waals surface area contributed by atoms with Gasteiger partial charge in [0.25, 0.3) is 0 Å². The topological polar surface area (TPSA) is 68.2 Å². The largest absolute Gasteiger partial charge is 0.378 e. The van der Waals surface area contributed by atoms with Crippen molar-refractivity contribution in [2.45, 2.75) is 12.8 Å². The Balaban J connectivity index is 1.37. The Morgan fingerprint density at radius 3 is 2.55 bits per heavy atom. The molecule has 0 spiro atoms. The van der Waals surface area contributed by atoms with Crippen molar-refractivity contribution in [2.24, 2.45) is 0 Å². The number of carbonyl (C=O) groups is 1. The van der Waals surface area contributed by atoms with Gasteiger partial charge in [-0.1, -0.05) is 30.3 Å². The van der Waals surface area contributed by atoms with Crippen molar-refractivity contribution in [3.8, 4) is 10.6 Å². The Bertz CT molecular complexity index is 1050. The Kier molecular flexibility index (Phi) is 4.91. The van der Waals surface area contributed by atoms with Crippen LogP contribution in [0.2, 0.25) is 0 Å². The molecule has 29 heavy (non-hydrogen) atoms. The zero-order valence-electron chi connectivity index (χ0n) is 15.9. The maximum Gasteiger partial charge on any atom is 0.225 e. The van der Waals surface area contributed by atoms with E-state index in [0.717, 1.165) is 51.8 Å². The summed E-state index contributed by atoms with van der Waals surface area (Å²) in [5.74, 6) is 0.783. The molecule has 6 nitrogen and oxygen atoms in total. The van der Waals surface area contributed by atoms with Crippen LogP contribution < -0.4 is 4.90 Å². The van der Waals surface area contributed by atoms with Gasteiger partial charge in [0.05, 0.1) is 23.8 Å². The zero-order valence-corrected chi connectivity index (χ0v) is 16.7. The number of Topliss-reactive ketones (excluding diaryl/α,β-unsaturated/α-hetero) is 1. The molecule has 3 aromatic rings. The highest BCUT2D eigenvalue weighted by atomic mass is 32.1. The molecule has 7 heteroatoms. The van der Waals surface area contributed by atoms with Crippen LogP contribution >= 0.6 is 11.3 Å². The maximum atomic E-state index is 13.0. The maximum absolute atomic E-state index is 13.0. The summed E-state index contributed by atoms with van der Waals surface area (Å²) in [4.78, 5) is 29.5. The van der Waals surface area contributed by atoms with E-state index in [2.05, 4.69) is 14.9 Å². The van der Waals surface area contributed by atoms with Crippen LogP contribution in [0, 0.1) is 0 Å². The third-order valence-corrected chi connectivity index (χ3v) is 6.29. The molecule has 1 fully saturated rings. The van der Waals surface area contributed by atoms with Crippen LogP contribution in [0.15, 0.2) is 48.3 Å². The van der Waals surface area contributed by atoms with Crippen LogP contribution in [-0.4, -0.2) is 47.0 Å². The van der Waals surface area contributed by atoms with E-state index < -0.39 is 0 Å². The number of ether oxygens (including phenoxy) is 1. The molecule has 1 aromatic carbocycles. The van der Waals surface area contributed by atoms with E-state index in [9.17, 15) is 4.79 Å². The predicted octanol–water partition coefficient (Wildman–Crippen LogP) is 3.65. The van der Waals surface area contributed by atoms with Gasteiger partial charge in [-0.3, -0.25) is 4.79 Å². The normalized spacial score (nSPS) is 18.1. The lowest BCUT2D eigenvalue weighted by Crippen LogP contribution is -2.37. The minimum atomic E-state index is 0.0724. The molecule has 0 unspecified atom stereocenters. The van der Waals surface area contributed by atoms with Crippen molar-refractivity contribution in [1.29, 1.82) is 0 Å². The SMILES string of the molecule is O=C1/C(=C\c2cnc(N3CCOCC3)nc2)CCc2nc(-c3ccccc3)sc21. The van der Waals surface area contributed by atoms with Gasteiger partial charge in [-0.15, -0.1) is 11.3 Å². The second-order valence-corrected chi connectivity index (χ2v) is 8.07. The van der Waals surface area contributed by atoms with E-state index >= 15 is 0 Å².